The molecule has 0 aliphatic carbocycles. The molecule has 1 aromatic rings. The van der Waals surface area contributed by atoms with Gasteiger partial charge in [0.2, 0.25) is 15.9 Å². The van der Waals surface area contributed by atoms with E-state index in [0.29, 0.717) is 44.2 Å². The highest BCUT2D eigenvalue weighted by Crippen LogP contribution is 2.30. The summed E-state index contributed by atoms with van der Waals surface area (Å²) in [4.78, 5) is 14.4. The number of carbonyl (C=O) groups excluding carboxylic acids is 1. The van der Waals surface area contributed by atoms with Gasteiger partial charge in [0.1, 0.15) is 12.4 Å². The van der Waals surface area contributed by atoms with Crippen LogP contribution in [-0.4, -0.2) is 62.6 Å². The lowest BCUT2D eigenvalue weighted by Crippen LogP contribution is -2.52. The number of sulfonamides is 1. The number of hydrogen-bond donors (Lipinski definition) is 0. The molecule has 2 aliphatic heterocycles. The quantitative estimate of drug-likeness (QED) is 0.791. The van der Waals surface area contributed by atoms with Crippen molar-refractivity contribution in [3.63, 3.8) is 0 Å². The van der Waals surface area contributed by atoms with Crippen molar-refractivity contribution in [1.82, 2.24) is 9.21 Å². The Bertz CT molecular complexity index is 714. The van der Waals surface area contributed by atoms with Crippen LogP contribution in [0.4, 0.5) is 0 Å². The summed E-state index contributed by atoms with van der Waals surface area (Å²) in [6.45, 7) is 1.89. The SMILES string of the molecule is CS(=O)(=O)N1CCN(C(=O)[C@@H]2COc3ccc(Cl)cc3C2)CC1. The third-order valence-corrected chi connectivity index (χ3v) is 5.84. The summed E-state index contributed by atoms with van der Waals surface area (Å²) in [7, 11) is -3.19. The molecule has 0 radical (unpaired) electrons. The average molecular weight is 359 g/mol. The van der Waals surface area contributed by atoms with Crippen molar-refractivity contribution in [2.24, 2.45) is 5.92 Å². The van der Waals surface area contributed by atoms with E-state index in [9.17, 15) is 13.2 Å². The Kier molecular flexibility index (Phi) is 4.53. The molecule has 0 aromatic heterocycles. The van der Waals surface area contributed by atoms with Crippen LogP contribution >= 0.6 is 11.6 Å². The number of piperazine rings is 1. The van der Waals surface area contributed by atoms with Crippen LogP contribution in [0.3, 0.4) is 0 Å². The van der Waals surface area contributed by atoms with Gasteiger partial charge in [0.05, 0.1) is 12.2 Å². The summed E-state index contributed by atoms with van der Waals surface area (Å²) >= 11 is 6.00. The zero-order valence-corrected chi connectivity index (χ0v) is 14.4. The third kappa shape index (κ3) is 3.62. The molecule has 1 atom stereocenters. The summed E-state index contributed by atoms with van der Waals surface area (Å²) in [5.41, 5.74) is 0.942. The molecule has 23 heavy (non-hydrogen) atoms. The predicted octanol–water partition coefficient (Wildman–Crippen LogP) is 0.995. The monoisotopic (exact) mass is 358 g/mol. The first-order chi connectivity index (χ1) is 10.8. The third-order valence-electron chi connectivity index (χ3n) is 4.30. The second-order valence-corrected chi connectivity index (χ2v) is 8.37. The standard InChI is InChI=1S/C15H19ClN2O4S/c1-23(20,21)18-6-4-17(5-7-18)15(19)12-8-11-9-13(16)2-3-14(11)22-10-12/h2-3,9,12H,4-8,10H2,1H3/t12-/m0/s1. The molecule has 0 bridgehead atoms. The number of carbonyl (C=O) groups is 1. The Morgan fingerprint density at radius 3 is 2.61 bits per heavy atom. The molecule has 0 unspecified atom stereocenters. The molecule has 1 fully saturated rings. The molecule has 8 heteroatoms. The molecule has 2 aliphatic rings. The molecule has 6 nitrogen and oxygen atoms in total. The molecular formula is C15H19ClN2O4S. The Morgan fingerprint density at radius 2 is 1.96 bits per heavy atom. The van der Waals surface area contributed by atoms with E-state index in [1.807, 2.05) is 12.1 Å². The van der Waals surface area contributed by atoms with Crippen LogP contribution in [-0.2, 0) is 21.2 Å². The highest BCUT2D eigenvalue weighted by molar-refractivity contribution is 7.88. The molecule has 0 saturated carbocycles. The first-order valence-electron chi connectivity index (χ1n) is 7.50. The first-order valence-corrected chi connectivity index (χ1v) is 9.72. The van der Waals surface area contributed by atoms with Gasteiger partial charge in [-0.1, -0.05) is 11.6 Å². The fourth-order valence-electron chi connectivity index (χ4n) is 3.02. The van der Waals surface area contributed by atoms with Crippen LogP contribution in [0.2, 0.25) is 5.02 Å². The molecular weight excluding hydrogens is 340 g/mol. The van der Waals surface area contributed by atoms with E-state index in [0.717, 1.165) is 11.3 Å². The Morgan fingerprint density at radius 1 is 1.26 bits per heavy atom. The number of halogens is 1. The second kappa shape index (κ2) is 6.30. The highest BCUT2D eigenvalue weighted by Gasteiger charge is 2.32. The summed E-state index contributed by atoms with van der Waals surface area (Å²) in [6, 6.07) is 5.42. The average Bonchev–Trinajstić information content (AvgIpc) is 2.52. The molecule has 1 aromatic carbocycles. The van der Waals surface area contributed by atoms with Crippen LogP contribution < -0.4 is 4.74 Å². The maximum Gasteiger partial charge on any atom is 0.229 e. The van der Waals surface area contributed by atoms with Crippen LogP contribution in [0.1, 0.15) is 5.56 Å². The smallest absolute Gasteiger partial charge is 0.229 e. The van der Waals surface area contributed by atoms with Crippen LogP contribution in [0.15, 0.2) is 18.2 Å². The predicted molar refractivity (Wildman–Crippen MR) is 87.1 cm³/mol. The van der Waals surface area contributed by atoms with E-state index < -0.39 is 10.0 Å². The summed E-state index contributed by atoms with van der Waals surface area (Å²) in [6.07, 6.45) is 1.79. The van der Waals surface area contributed by atoms with Crippen LogP contribution in [0, 0.1) is 5.92 Å². The lowest BCUT2D eigenvalue weighted by Gasteiger charge is -2.36. The molecule has 1 saturated heterocycles. The molecule has 1 amide bonds. The number of ether oxygens (including phenoxy) is 1. The minimum atomic E-state index is -3.19. The minimum absolute atomic E-state index is 0.0174. The van der Waals surface area contributed by atoms with E-state index in [1.54, 1.807) is 11.0 Å². The maximum atomic E-state index is 12.6. The number of benzene rings is 1. The molecule has 0 spiro atoms. The van der Waals surface area contributed by atoms with Gasteiger partial charge in [-0.25, -0.2) is 8.42 Å². The second-order valence-electron chi connectivity index (χ2n) is 5.95. The van der Waals surface area contributed by atoms with Crippen LogP contribution in [0.5, 0.6) is 5.75 Å². The fraction of sp³-hybridized carbons (Fsp3) is 0.533. The summed E-state index contributed by atoms with van der Waals surface area (Å²) < 4.78 is 30.1. The molecule has 0 N–H and O–H groups in total. The molecule has 2 heterocycles. The fourth-order valence-corrected chi connectivity index (χ4v) is 4.04. The van der Waals surface area contributed by atoms with Gasteiger partial charge < -0.3 is 9.64 Å². The molecule has 126 valence electrons. The number of rotatable bonds is 2. The van der Waals surface area contributed by atoms with Gasteiger partial charge in [0.25, 0.3) is 0 Å². The number of hydrogen-bond acceptors (Lipinski definition) is 4. The van der Waals surface area contributed by atoms with Crippen molar-refractivity contribution in [1.29, 1.82) is 0 Å². The van der Waals surface area contributed by atoms with Gasteiger partial charge in [0, 0.05) is 31.2 Å². The van der Waals surface area contributed by atoms with Gasteiger partial charge in [0.15, 0.2) is 0 Å². The first kappa shape index (κ1) is 16.5. The minimum Gasteiger partial charge on any atom is -0.492 e. The van der Waals surface area contributed by atoms with Crippen LogP contribution in [0.25, 0.3) is 0 Å². The number of nitrogens with zero attached hydrogens (tertiary/aromatic N) is 2. The van der Waals surface area contributed by atoms with Crippen molar-refractivity contribution in [3.8, 4) is 5.75 Å². The Labute approximate surface area is 141 Å². The largest absolute Gasteiger partial charge is 0.492 e. The zero-order valence-electron chi connectivity index (χ0n) is 12.9. The van der Waals surface area contributed by atoms with E-state index in [4.69, 9.17) is 16.3 Å². The summed E-state index contributed by atoms with van der Waals surface area (Å²) in [5.74, 6) is 0.551. The normalized spacial score (nSPS) is 22.3. The van der Waals surface area contributed by atoms with Gasteiger partial charge >= 0.3 is 0 Å². The number of fused-ring (bicyclic) bond motifs is 1. The zero-order chi connectivity index (χ0) is 16.6. The van der Waals surface area contributed by atoms with Crippen molar-refractivity contribution in [2.75, 3.05) is 39.0 Å². The highest BCUT2D eigenvalue weighted by atomic mass is 35.5. The molecule has 3 rings (SSSR count). The lowest BCUT2D eigenvalue weighted by atomic mass is 9.95. The van der Waals surface area contributed by atoms with Gasteiger partial charge in [-0.05, 0) is 30.2 Å². The van der Waals surface area contributed by atoms with Gasteiger partial charge in [-0.2, -0.15) is 4.31 Å². The van der Waals surface area contributed by atoms with E-state index in [-0.39, 0.29) is 11.8 Å². The maximum absolute atomic E-state index is 12.6. The van der Waals surface area contributed by atoms with Crippen molar-refractivity contribution >= 4 is 27.5 Å². The van der Waals surface area contributed by atoms with E-state index >= 15 is 0 Å². The summed E-state index contributed by atoms with van der Waals surface area (Å²) in [5, 5.41) is 0.627. The van der Waals surface area contributed by atoms with E-state index in [1.165, 1.54) is 10.6 Å². The van der Waals surface area contributed by atoms with Gasteiger partial charge in [-0.3, -0.25) is 4.79 Å². The van der Waals surface area contributed by atoms with Crippen molar-refractivity contribution in [3.05, 3.63) is 28.8 Å². The topological polar surface area (TPSA) is 66.9 Å². The van der Waals surface area contributed by atoms with Crippen molar-refractivity contribution in [2.45, 2.75) is 6.42 Å². The number of amides is 1. The lowest BCUT2D eigenvalue weighted by molar-refractivity contribution is -0.138. The van der Waals surface area contributed by atoms with E-state index in [2.05, 4.69) is 0 Å². The Balaban J connectivity index is 1.64. The Hall–Kier alpha value is -1.31. The van der Waals surface area contributed by atoms with Crippen molar-refractivity contribution < 1.29 is 17.9 Å². The van der Waals surface area contributed by atoms with Gasteiger partial charge in [-0.15, -0.1) is 0 Å².